The number of carbonyl (C=O) groups is 1. The van der Waals surface area contributed by atoms with Gasteiger partial charge in [-0.2, -0.15) is 0 Å². The Kier molecular flexibility index (Phi) is 9.30. The van der Waals surface area contributed by atoms with Crippen molar-refractivity contribution >= 4 is 5.91 Å². The Balaban J connectivity index is 3.42. The van der Waals surface area contributed by atoms with Crippen molar-refractivity contribution in [2.45, 2.75) is 71.9 Å². The molecule has 0 aliphatic heterocycles. The van der Waals surface area contributed by atoms with Gasteiger partial charge in [-0.25, -0.2) is 0 Å². The Morgan fingerprint density at radius 1 is 1.12 bits per heavy atom. The van der Waals surface area contributed by atoms with Crippen LogP contribution in [0.15, 0.2) is 0 Å². The molecule has 1 amide bonds. The van der Waals surface area contributed by atoms with E-state index in [1.165, 1.54) is 25.7 Å². The van der Waals surface area contributed by atoms with E-state index in [-0.39, 0.29) is 11.9 Å². The van der Waals surface area contributed by atoms with Crippen LogP contribution in [0.3, 0.4) is 0 Å². The lowest BCUT2D eigenvalue weighted by atomic mass is 10.1. The van der Waals surface area contributed by atoms with Gasteiger partial charge in [0.25, 0.3) is 0 Å². The summed E-state index contributed by atoms with van der Waals surface area (Å²) in [5, 5.41) is 6.13. The minimum Gasteiger partial charge on any atom is -0.353 e. The lowest BCUT2D eigenvalue weighted by Gasteiger charge is -2.14. The van der Waals surface area contributed by atoms with Crippen LogP contribution in [0.5, 0.6) is 0 Å². The van der Waals surface area contributed by atoms with Gasteiger partial charge in [0.1, 0.15) is 0 Å². The van der Waals surface area contributed by atoms with Crippen molar-refractivity contribution in [3.05, 3.63) is 0 Å². The van der Waals surface area contributed by atoms with E-state index in [2.05, 4.69) is 24.5 Å². The molecule has 16 heavy (non-hydrogen) atoms. The predicted octanol–water partition coefficient (Wildman–Crippen LogP) is 2.46. The first-order valence-electron chi connectivity index (χ1n) is 6.59. The van der Waals surface area contributed by atoms with E-state index < -0.39 is 0 Å². The Bertz CT molecular complexity index is 181. The first-order valence-corrected chi connectivity index (χ1v) is 6.59. The number of nitrogens with one attached hydrogen (secondary N) is 2. The molecule has 0 aliphatic carbocycles. The fourth-order valence-electron chi connectivity index (χ4n) is 1.62. The van der Waals surface area contributed by atoms with Crippen molar-refractivity contribution in [2.75, 3.05) is 6.54 Å². The van der Waals surface area contributed by atoms with Crippen LogP contribution in [0, 0.1) is 0 Å². The van der Waals surface area contributed by atoms with E-state index in [9.17, 15) is 4.79 Å². The van der Waals surface area contributed by atoms with Gasteiger partial charge in [-0.3, -0.25) is 4.79 Å². The predicted molar refractivity (Wildman–Crippen MR) is 69.5 cm³/mol. The maximum atomic E-state index is 11.4. The molecular weight excluding hydrogens is 200 g/mol. The summed E-state index contributed by atoms with van der Waals surface area (Å²) in [7, 11) is 0. The Morgan fingerprint density at radius 3 is 2.38 bits per heavy atom. The summed E-state index contributed by atoms with van der Waals surface area (Å²) < 4.78 is 0. The molecule has 0 aromatic heterocycles. The van der Waals surface area contributed by atoms with Crippen molar-refractivity contribution in [3.8, 4) is 0 Å². The Labute approximate surface area is 100 Å². The van der Waals surface area contributed by atoms with E-state index >= 15 is 0 Å². The fraction of sp³-hybridized carbons (Fsp3) is 0.923. The molecule has 0 aromatic rings. The zero-order chi connectivity index (χ0) is 12.4. The molecule has 0 heterocycles. The van der Waals surface area contributed by atoms with E-state index in [4.69, 9.17) is 0 Å². The monoisotopic (exact) mass is 228 g/mol. The summed E-state index contributed by atoms with van der Waals surface area (Å²) in [6, 6.07) is 0.670. The number of rotatable bonds is 9. The van der Waals surface area contributed by atoms with Crippen molar-refractivity contribution in [3.63, 3.8) is 0 Å². The van der Waals surface area contributed by atoms with Gasteiger partial charge >= 0.3 is 0 Å². The van der Waals surface area contributed by atoms with Crippen molar-refractivity contribution in [1.29, 1.82) is 0 Å². The fourth-order valence-corrected chi connectivity index (χ4v) is 1.62. The summed E-state index contributed by atoms with van der Waals surface area (Å²) in [5.41, 5.74) is 0. The lowest BCUT2D eigenvalue weighted by Crippen LogP contribution is -2.40. The van der Waals surface area contributed by atoms with Gasteiger partial charge in [-0.15, -0.1) is 0 Å². The summed E-state index contributed by atoms with van der Waals surface area (Å²) in [6.07, 6.45) is 6.32. The standard InChI is InChI=1S/C13H28N2O/c1-5-6-7-8-9-12(4)14-10-13(16)15-11(2)3/h11-12,14H,5-10H2,1-4H3,(H,15,16). The van der Waals surface area contributed by atoms with E-state index in [1.54, 1.807) is 0 Å². The average molecular weight is 228 g/mol. The molecule has 0 saturated carbocycles. The van der Waals surface area contributed by atoms with Crippen LogP contribution in [-0.4, -0.2) is 24.5 Å². The highest BCUT2D eigenvalue weighted by molar-refractivity contribution is 5.78. The average Bonchev–Trinajstić information content (AvgIpc) is 2.20. The second-order valence-corrected chi connectivity index (χ2v) is 4.85. The second kappa shape index (κ2) is 9.64. The number of amides is 1. The number of carbonyl (C=O) groups excluding carboxylic acids is 1. The Morgan fingerprint density at radius 2 is 1.81 bits per heavy atom. The molecule has 0 rings (SSSR count). The molecule has 3 heteroatoms. The van der Waals surface area contributed by atoms with Crippen molar-refractivity contribution in [1.82, 2.24) is 10.6 Å². The summed E-state index contributed by atoms with van der Waals surface area (Å²) >= 11 is 0. The molecule has 0 saturated heterocycles. The number of hydrogen-bond donors (Lipinski definition) is 2. The van der Waals surface area contributed by atoms with Crippen molar-refractivity contribution in [2.24, 2.45) is 0 Å². The topological polar surface area (TPSA) is 41.1 Å². The van der Waals surface area contributed by atoms with E-state index in [0.717, 1.165) is 6.42 Å². The van der Waals surface area contributed by atoms with Crippen LogP contribution in [-0.2, 0) is 4.79 Å². The molecule has 1 unspecified atom stereocenters. The third-order valence-electron chi connectivity index (χ3n) is 2.55. The summed E-state index contributed by atoms with van der Waals surface area (Å²) in [6.45, 7) is 8.76. The zero-order valence-electron chi connectivity index (χ0n) is 11.3. The smallest absolute Gasteiger partial charge is 0.234 e. The number of hydrogen-bond acceptors (Lipinski definition) is 2. The normalized spacial score (nSPS) is 12.8. The molecule has 0 aliphatic rings. The highest BCUT2D eigenvalue weighted by Gasteiger charge is 2.05. The zero-order valence-corrected chi connectivity index (χ0v) is 11.3. The van der Waals surface area contributed by atoms with Crippen LogP contribution in [0.1, 0.15) is 59.8 Å². The van der Waals surface area contributed by atoms with Crippen LogP contribution in [0.2, 0.25) is 0 Å². The molecular formula is C13H28N2O. The third-order valence-corrected chi connectivity index (χ3v) is 2.55. The molecule has 0 radical (unpaired) electrons. The summed E-state index contributed by atoms with van der Waals surface area (Å²) in [5.74, 6) is 0.0930. The van der Waals surface area contributed by atoms with Gasteiger partial charge < -0.3 is 10.6 Å². The van der Waals surface area contributed by atoms with E-state index in [0.29, 0.717) is 12.6 Å². The van der Waals surface area contributed by atoms with Crippen LogP contribution in [0.25, 0.3) is 0 Å². The lowest BCUT2D eigenvalue weighted by molar-refractivity contribution is -0.120. The van der Waals surface area contributed by atoms with Gasteiger partial charge in [0.15, 0.2) is 0 Å². The third kappa shape index (κ3) is 9.97. The molecule has 0 aromatic carbocycles. The minimum atomic E-state index is 0.0930. The van der Waals surface area contributed by atoms with Gasteiger partial charge in [0.05, 0.1) is 6.54 Å². The maximum absolute atomic E-state index is 11.4. The second-order valence-electron chi connectivity index (χ2n) is 4.85. The maximum Gasteiger partial charge on any atom is 0.234 e. The SMILES string of the molecule is CCCCCCC(C)NCC(=O)NC(C)C. The first kappa shape index (κ1) is 15.4. The molecule has 0 bridgehead atoms. The molecule has 3 nitrogen and oxygen atoms in total. The molecule has 0 spiro atoms. The number of unbranched alkanes of at least 4 members (excludes halogenated alkanes) is 3. The highest BCUT2D eigenvalue weighted by Crippen LogP contribution is 2.04. The van der Waals surface area contributed by atoms with Crippen LogP contribution >= 0.6 is 0 Å². The molecule has 1 atom stereocenters. The largest absolute Gasteiger partial charge is 0.353 e. The van der Waals surface area contributed by atoms with Gasteiger partial charge in [0.2, 0.25) is 5.91 Å². The van der Waals surface area contributed by atoms with Gasteiger partial charge in [0, 0.05) is 12.1 Å². The van der Waals surface area contributed by atoms with E-state index in [1.807, 2.05) is 13.8 Å². The molecule has 2 N–H and O–H groups in total. The molecule has 96 valence electrons. The van der Waals surface area contributed by atoms with Crippen LogP contribution < -0.4 is 10.6 Å². The molecule has 0 fully saturated rings. The van der Waals surface area contributed by atoms with Crippen LogP contribution in [0.4, 0.5) is 0 Å². The first-order chi connectivity index (χ1) is 7.56. The van der Waals surface area contributed by atoms with Gasteiger partial charge in [-0.1, -0.05) is 32.6 Å². The van der Waals surface area contributed by atoms with Crippen molar-refractivity contribution < 1.29 is 4.79 Å². The van der Waals surface area contributed by atoms with Gasteiger partial charge in [-0.05, 0) is 27.2 Å². The highest BCUT2D eigenvalue weighted by atomic mass is 16.1. The Hall–Kier alpha value is -0.570. The summed E-state index contributed by atoms with van der Waals surface area (Å²) in [4.78, 5) is 11.4. The quantitative estimate of drug-likeness (QED) is 0.595. The minimum absolute atomic E-state index is 0.0930.